The Hall–Kier alpha value is -0.643. The molecule has 0 aromatic heterocycles. The minimum absolute atomic E-state index is 0.273. The predicted molar refractivity (Wildman–Crippen MR) is 66.4 cm³/mol. The first-order valence-corrected chi connectivity index (χ1v) is 7.56. The van der Waals surface area contributed by atoms with Crippen molar-refractivity contribution in [1.29, 1.82) is 0 Å². The number of hydrogen-bond acceptors (Lipinski definition) is 2. The van der Waals surface area contributed by atoms with E-state index in [1.165, 1.54) is 18.4 Å². The molecule has 87 valence electrons. The Morgan fingerprint density at radius 3 is 2.81 bits per heavy atom. The van der Waals surface area contributed by atoms with Crippen LogP contribution in [0.5, 0.6) is 0 Å². The standard InChI is InChI=1S/C13H19O2Si/c1-12(11-13-7-3-2-4-8-13)15-16-10-6-5-9-14-16/h2-4,7-8,12H,5-6,9-11H2,1H3. The first-order valence-electron chi connectivity index (χ1n) is 6.04. The van der Waals surface area contributed by atoms with Crippen LogP contribution < -0.4 is 0 Å². The van der Waals surface area contributed by atoms with E-state index in [1.807, 2.05) is 6.07 Å². The molecule has 1 aliphatic heterocycles. The molecule has 3 heteroatoms. The van der Waals surface area contributed by atoms with Crippen molar-refractivity contribution in [2.75, 3.05) is 6.61 Å². The second-order valence-electron chi connectivity index (χ2n) is 4.30. The van der Waals surface area contributed by atoms with Crippen molar-refractivity contribution in [2.24, 2.45) is 0 Å². The van der Waals surface area contributed by atoms with Crippen molar-refractivity contribution in [3.63, 3.8) is 0 Å². The molecule has 1 radical (unpaired) electrons. The number of hydrogen-bond donors (Lipinski definition) is 0. The molecule has 0 amide bonds. The average molecular weight is 235 g/mol. The predicted octanol–water partition coefficient (Wildman–Crippen LogP) is 2.93. The van der Waals surface area contributed by atoms with E-state index in [0.29, 0.717) is 0 Å². The van der Waals surface area contributed by atoms with Crippen molar-refractivity contribution in [3.05, 3.63) is 35.9 Å². The third-order valence-corrected chi connectivity index (χ3v) is 4.69. The molecule has 1 heterocycles. The Balaban J connectivity index is 1.77. The van der Waals surface area contributed by atoms with E-state index in [0.717, 1.165) is 19.1 Å². The third-order valence-electron chi connectivity index (χ3n) is 2.74. The summed E-state index contributed by atoms with van der Waals surface area (Å²) in [4.78, 5) is 0. The summed E-state index contributed by atoms with van der Waals surface area (Å²) >= 11 is 0. The molecule has 1 saturated heterocycles. The van der Waals surface area contributed by atoms with Gasteiger partial charge in [0.1, 0.15) is 0 Å². The molecule has 0 aliphatic carbocycles. The molecular formula is C13H19O2Si. The van der Waals surface area contributed by atoms with Crippen LogP contribution in [0, 0.1) is 0 Å². The zero-order valence-corrected chi connectivity index (χ0v) is 10.8. The second-order valence-corrected chi connectivity index (χ2v) is 6.06. The highest BCUT2D eigenvalue weighted by atomic mass is 28.3. The molecule has 2 nitrogen and oxygen atoms in total. The molecule has 0 saturated carbocycles. The highest BCUT2D eigenvalue weighted by Crippen LogP contribution is 2.15. The van der Waals surface area contributed by atoms with Gasteiger partial charge in [-0.15, -0.1) is 0 Å². The fourth-order valence-corrected chi connectivity index (χ4v) is 3.71. The highest BCUT2D eigenvalue weighted by Gasteiger charge is 2.22. The smallest absolute Gasteiger partial charge is 0.384 e. The van der Waals surface area contributed by atoms with Gasteiger partial charge in [0, 0.05) is 12.7 Å². The molecule has 0 bridgehead atoms. The van der Waals surface area contributed by atoms with Crippen molar-refractivity contribution in [3.8, 4) is 0 Å². The SMILES string of the molecule is CC(Cc1ccccc1)O[Si]1CCCCO1. The number of benzene rings is 1. The zero-order chi connectivity index (χ0) is 11.2. The Labute approximate surface area is 99.4 Å². The molecule has 1 aromatic rings. The average Bonchev–Trinajstić information content (AvgIpc) is 2.31. The molecular weight excluding hydrogens is 216 g/mol. The first-order chi connectivity index (χ1) is 7.84. The van der Waals surface area contributed by atoms with Crippen LogP contribution in [-0.4, -0.2) is 22.0 Å². The zero-order valence-electron chi connectivity index (χ0n) is 9.82. The lowest BCUT2D eigenvalue weighted by Crippen LogP contribution is -2.31. The molecule has 1 fully saturated rings. The van der Waals surface area contributed by atoms with Crippen LogP contribution in [0.25, 0.3) is 0 Å². The molecule has 0 N–H and O–H groups in total. The molecule has 1 aromatic carbocycles. The summed E-state index contributed by atoms with van der Waals surface area (Å²) < 4.78 is 11.6. The third kappa shape index (κ3) is 3.74. The summed E-state index contributed by atoms with van der Waals surface area (Å²) in [7, 11) is -0.966. The topological polar surface area (TPSA) is 18.5 Å². The van der Waals surface area contributed by atoms with Gasteiger partial charge in [-0.2, -0.15) is 0 Å². The van der Waals surface area contributed by atoms with Gasteiger partial charge in [-0.25, -0.2) is 0 Å². The molecule has 1 aliphatic rings. The molecule has 1 unspecified atom stereocenters. The lowest BCUT2D eigenvalue weighted by molar-refractivity contribution is 0.133. The molecule has 1 atom stereocenters. The van der Waals surface area contributed by atoms with E-state index in [-0.39, 0.29) is 6.10 Å². The van der Waals surface area contributed by atoms with Crippen LogP contribution in [-0.2, 0) is 15.3 Å². The Morgan fingerprint density at radius 2 is 2.12 bits per heavy atom. The number of rotatable bonds is 4. The van der Waals surface area contributed by atoms with Gasteiger partial charge >= 0.3 is 9.28 Å². The van der Waals surface area contributed by atoms with Gasteiger partial charge in [-0.3, -0.25) is 0 Å². The summed E-state index contributed by atoms with van der Waals surface area (Å²) in [6.07, 6.45) is 3.73. The maximum absolute atomic E-state index is 5.97. The van der Waals surface area contributed by atoms with Crippen molar-refractivity contribution >= 4 is 9.28 Å². The van der Waals surface area contributed by atoms with Crippen molar-refractivity contribution in [1.82, 2.24) is 0 Å². The van der Waals surface area contributed by atoms with Crippen LogP contribution in [0.2, 0.25) is 6.04 Å². The van der Waals surface area contributed by atoms with Crippen molar-refractivity contribution in [2.45, 2.75) is 38.3 Å². The Morgan fingerprint density at radius 1 is 1.31 bits per heavy atom. The normalized spacial score (nSPS) is 19.6. The van der Waals surface area contributed by atoms with E-state index in [9.17, 15) is 0 Å². The van der Waals surface area contributed by atoms with Crippen LogP contribution in [0.4, 0.5) is 0 Å². The van der Waals surface area contributed by atoms with Gasteiger partial charge in [-0.05, 0) is 37.8 Å². The summed E-state index contributed by atoms with van der Waals surface area (Å²) in [5.41, 5.74) is 1.34. The van der Waals surface area contributed by atoms with E-state index in [2.05, 4.69) is 31.2 Å². The summed E-state index contributed by atoms with van der Waals surface area (Å²) in [6.45, 7) is 3.04. The minimum Gasteiger partial charge on any atom is -0.393 e. The second kappa shape index (κ2) is 6.18. The van der Waals surface area contributed by atoms with Gasteiger partial charge in [0.15, 0.2) is 0 Å². The van der Waals surface area contributed by atoms with Crippen LogP contribution in [0.3, 0.4) is 0 Å². The van der Waals surface area contributed by atoms with E-state index in [4.69, 9.17) is 8.85 Å². The fraction of sp³-hybridized carbons (Fsp3) is 0.538. The molecule has 0 spiro atoms. The van der Waals surface area contributed by atoms with E-state index < -0.39 is 9.28 Å². The quantitative estimate of drug-likeness (QED) is 0.747. The fourth-order valence-electron chi connectivity index (χ4n) is 1.93. The lowest BCUT2D eigenvalue weighted by atomic mass is 10.1. The Kier molecular flexibility index (Phi) is 4.57. The van der Waals surface area contributed by atoms with Gasteiger partial charge in [0.2, 0.25) is 0 Å². The van der Waals surface area contributed by atoms with Crippen LogP contribution in [0.15, 0.2) is 30.3 Å². The van der Waals surface area contributed by atoms with E-state index in [1.54, 1.807) is 0 Å². The van der Waals surface area contributed by atoms with Gasteiger partial charge in [0.25, 0.3) is 0 Å². The first kappa shape index (κ1) is 11.8. The van der Waals surface area contributed by atoms with Gasteiger partial charge in [0.05, 0.1) is 0 Å². The van der Waals surface area contributed by atoms with Crippen LogP contribution in [0.1, 0.15) is 25.3 Å². The molecule has 16 heavy (non-hydrogen) atoms. The van der Waals surface area contributed by atoms with Crippen molar-refractivity contribution < 1.29 is 8.85 Å². The summed E-state index contributed by atoms with van der Waals surface area (Å²) in [5, 5.41) is 0. The maximum atomic E-state index is 5.97. The lowest BCUT2D eigenvalue weighted by Gasteiger charge is -2.23. The minimum atomic E-state index is -0.966. The largest absolute Gasteiger partial charge is 0.393 e. The van der Waals surface area contributed by atoms with E-state index >= 15 is 0 Å². The van der Waals surface area contributed by atoms with Gasteiger partial charge in [-0.1, -0.05) is 30.3 Å². The van der Waals surface area contributed by atoms with Crippen LogP contribution >= 0.6 is 0 Å². The molecule has 2 rings (SSSR count). The monoisotopic (exact) mass is 235 g/mol. The summed E-state index contributed by atoms with van der Waals surface area (Å²) in [6, 6.07) is 11.6. The maximum Gasteiger partial charge on any atom is 0.384 e. The summed E-state index contributed by atoms with van der Waals surface area (Å²) in [5.74, 6) is 0. The highest BCUT2D eigenvalue weighted by molar-refractivity contribution is 6.44. The van der Waals surface area contributed by atoms with Gasteiger partial charge < -0.3 is 8.85 Å². The Bertz CT molecular complexity index is 296.